The maximum absolute atomic E-state index is 11.8. The van der Waals surface area contributed by atoms with E-state index in [2.05, 4.69) is 15.6 Å². The Balaban J connectivity index is 1.56. The largest absolute Gasteiger partial charge is 0.459 e. The topological polar surface area (TPSA) is 67.2 Å². The van der Waals surface area contributed by atoms with Crippen molar-refractivity contribution in [1.82, 2.24) is 4.98 Å². The smallest absolute Gasteiger partial charge is 0.292 e. The summed E-state index contributed by atoms with van der Waals surface area (Å²) in [5.74, 6) is 0.379. The van der Waals surface area contributed by atoms with E-state index in [1.165, 1.54) is 6.26 Å². The third-order valence-corrected chi connectivity index (χ3v) is 3.41. The van der Waals surface area contributed by atoms with Crippen molar-refractivity contribution in [3.05, 3.63) is 77.3 Å². The van der Waals surface area contributed by atoms with Gasteiger partial charge in [-0.15, -0.1) is 0 Å². The van der Waals surface area contributed by atoms with Crippen molar-refractivity contribution in [3.8, 4) is 0 Å². The highest BCUT2D eigenvalue weighted by Crippen LogP contribution is 2.14. The van der Waals surface area contributed by atoms with Gasteiger partial charge >= 0.3 is 0 Å². The summed E-state index contributed by atoms with van der Waals surface area (Å²) in [4.78, 5) is 16.0. The minimum absolute atomic E-state index is 0.247. The van der Waals surface area contributed by atoms with Crippen LogP contribution >= 0.6 is 11.6 Å². The maximum Gasteiger partial charge on any atom is 0.292 e. The molecule has 0 fully saturated rings. The van der Waals surface area contributed by atoms with Gasteiger partial charge in [-0.2, -0.15) is 0 Å². The van der Waals surface area contributed by atoms with Crippen molar-refractivity contribution >= 4 is 29.0 Å². The first-order valence-electron chi connectivity index (χ1n) is 7.00. The average Bonchev–Trinajstić information content (AvgIpc) is 3.10. The first-order chi connectivity index (χ1) is 11.2. The highest BCUT2D eigenvalue weighted by atomic mass is 35.5. The van der Waals surface area contributed by atoms with E-state index in [1.807, 2.05) is 30.3 Å². The monoisotopic (exact) mass is 327 g/mol. The third-order valence-electron chi connectivity index (χ3n) is 3.16. The third kappa shape index (κ3) is 4.11. The van der Waals surface area contributed by atoms with Crippen LogP contribution in [0.5, 0.6) is 0 Å². The minimum Gasteiger partial charge on any atom is -0.459 e. The Kier molecular flexibility index (Phi) is 4.59. The quantitative estimate of drug-likeness (QED) is 0.737. The Morgan fingerprint density at radius 1 is 1.13 bits per heavy atom. The summed E-state index contributed by atoms with van der Waals surface area (Å²) >= 11 is 5.85. The highest BCUT2D eigenvalue weighted by Gasteiger charge is 2.09. The van der Waals surface area contributed by atoms with Crippen LogP contribution in [0.3, 0.4) is 0 Å². The van der Waals surface area contributed by atoms with E-state index in [1.54, 1.807) is 24.4 Å². The lowest BCUT2D eigenvalue weighted by atomic mass is 10.2. The fraction of sp³-hybridized carbons (Fsp3) is 0.0588. The molecule has 3 aromatic rings. The number of rotatable bonds is 5. The molecule has 23 heavy (non-hydrogen) atoms. The zero-order chi connectivity index (χ0) is 16.1. The van der Waals surface area contributed by atoms with Gasteiger partial charge in [0.15, 0.2) is 5.76 Å². The van der Waals surface area contributed by atoms with Crippen molar-refractivity contribution < 1.29 is 9.21 Å². The Hall–Kier alpha value is -2.79. The number of hydrogen-bond donors (Lipinski definition) is 2. The summed E-state index contributed by atoms with van der Waals surface area (Å²) in [5.41, 5.74) is 1.97. The molecule has 0 spiro atoms. The predicted molar refractivity (Wildman–Crippen MR) is 89.7 cm³/mol. The lowest BCUT2D eigenvalue weighted by molar-refractivity contribution is 0.0996. The number of nitrogens with zero attached hydrogens (tertiary/aromatic N) is 1. The van der Waals surface area contributed by atoms with Crippen LogP contribution < -0.4 is 10.6 Å². The van der Waals surface area contributed by atoms with E-state index in [9.17, 15) is 4.79 Å². The fourth-order valence-corrected chi connectivity index (χ4v) is 2.09. The standard InChI is InChI=1S/C17H14ClN3O2/c18-13-5-3-12(4-6-13)10-19-14-7-8-16(20-11-14)21-17(22)15-2-1-9-23-15/h1-9,11,19H,10H2,(H,20,21,22). The van der Waals surface area contributed by atoms with Crippen LogP contribution in [0.15, 0.2) is 65.4 Å². The fourth-order valence-electron chi connectivity index (χ4n) is 1.96. The van der Waals surface area contributed by atoms with Gasteiger partial charge in [0.2, 0.25) is 0 Å². The molecular formula is C17H14ClN3O2. The first-order valence-corrected chi connectivity index (χ1v) is 7.38. The van der Waals surface area contributed by atoms with Gasteiger partial charge in [0, 0.05) is 11.6 Å². The number of hydrogen-bond acceptors (Lipinski definition) is 4. The molecule has 6 heteroatoms. The van der Waals surface area contributed by atoms with Crippen LogP contribution in [0, 0.1) is 0 Å². The van der Waals surface area contributed by atoms with Crippen molar-refractivity contribution in [2.75, 3.05) is 10.6 Å². The highest BCUT2D eigenvalue weighted by molar-refractivity contribution is 6.30. The van der Waals surface area contributed by atoms with Gasteiger partial charge in [0.1, 0.15) is 5.82 Å². The first kappa shape index (κ1) is 15.1. The summed E-state index contributed by atoms with van der Waals surface area (Å²) < 4.78 is 5.03. The van der Waals surface area contributed by atoms with E-state index < -0.39 is 0 Å². The Bertz CT molecular complexity index is 769. The number of anilines is 2. The predicted octanol–water partition coefficient (Wildman–Crippen LogP) is 4.19. The Labute approximate surface area is 138 Å². The molecule has 0 saturated heterocycles. The van der Waals surface area contributed by atoms with Crippen LogP contribution in [0.2, 0.25) is 5.02 Å². The summed E-state index contributed by atoms with van der Waals surface area (Å²) in [5, 5.41) is 6.63. The number of pyridine rings is 1. The molecule has 5 nitrogen and oxygen atoms in total. The number of furan rings is 1. The van der Waals surface area contributed by atoms with Crippen LogP contribution in [-0.2, 0) is 6.54 Å². The summed E-state index contributed by atoms with van der Waals surface area (Å²) in [6.45, 7) is 0.664. The maximum atomic E-state index is 11.8. The zero-order valence-corrected chi connectivity index (χ0v) is 12.9. The lowest BCUT2D eigenvalue weighted by Gasteiger charge is -2.07. The van der Waals surface area contributed by atoms with E-state index >= 15 is 0 Å². The molecule has 3 rings (SSSR count). The van der Waals surface area contributed by atoms with Crippen LogP contribution in [0.1, 0.15) is 16.1 Å². The molecule has 0 saturated carbocycles. The Morgan fingerprint density at radius 2 is 1.96 bits per heavy atom. The van der Waals surface area contributed by atoms with E-state index in [4.69, 9.17) is 16.0 Å². The number of nitrogens with one attached hydrogen (secondary N) is 2. The lowest BCUT2D eigenvalue weighted by Crippen LogP contribution is -2.12. The van der Waals surface area contributed by atoms with E-state index in [-0.39, 0.29) is 11.7 Å². The summed E-state index contributed by atoms with van der Waals surface area (Å²) in [6, 6.07) is 14.4. The second-order valence-corrected chi connectivity index (χ2v) is 5.28. The molecule has 0 bridgehead atoms. The molecule has 1 amide bonds. The molecule has 2 aromatic heterocycles. The molecule has 0 unspecified atom stereocenters. The number of aromatic nitrogens is 1. The van der Waals surface area contributed by atoms with Gasteiger partial charge in [-0.05, 0) is 42.0 Å². The van der Waals surface area contributed by atoms with Gasteiger partial charge < -0.3 is 15.1 Å². The number of carbonyl (C=O) groups is 1. The summed E-state index contributed by atoms with van der Waals surface area (Å²) in [7, 11) is 0. The van der Waals surface area contributed by atoms with Crippen molar-refractivity contribution in [2.45, 2.75) is 6.54 Å². The molecular weight excluding hydrogens is 314 g/mol. The van der Waals surface area contributed by atoms with Gasteiger partial charge in [-0.3, -0.25) is 4.79 Å². The van der Waals surface area contributed by atoms with Crippen LogP contribution in [0.4, 0.5) is 11.5 Å². The van der Waals surface area contributed by atoms with Gasteiger partial charge in [-0.1, -0.05) is 23.7 Å². The second kappa shape index (κ2) is 6.98. The van der Waals surface area contributed by atoms with Gasteiger partial charge in [0.25, 0.3) is 5.91 Å². The summed E-state index contributed by atoms with van der Waals surface area (Å²) in [6.07, 6.45) is 3.11. The molecule has 2 N–H and O–H groups in total. The van der Waals surface area contributed by atoms with Crippen molar-refractivity contribution in [2.24, 2.45) is 0 Å². The number of amides is 1. The van der Waals surface area contributed by atoms with Crippen LogP contribution in [-0.4, -0.2) is 10.9 Å². The van der Waals surface area contributed by atoms with E-state index in [0.717, 1.165) is 11.3 Å². The SMILES string of the molecule is O=C(Nc1ccc(NCc2ccc(Cl)cc2)cn1)c1ccco1. The molecule has 0 aliphatic rings. The molecule has 0 atom stereocenters. The molecule has 1 aromatic carbocycles. The molecule has 0 aliphatic carbocycles. The molecule has 2 heterocycles. The van der Waals surface area contributed by atoms with Crippen molar-refractivity contribution in [3.63, 3.8) is 0 Å². The number of halogens is 1. The molecule has 0 aliphatic heterocycles. The zero-order valence-electron chi connectivity index (χ0n) is 12.1. The van der Waals surface area contributed by atoms with Crippen LogP contribution in [0.25, 0.3) is 0 Å². The Morgan fingerprint density at radius 3 is 2.61 bits per heavy atom. The normalized spacial score (nSPS) is 10.3. The van der Waals surface area contributed by atoms with Crippen molar-refractivity contribution in [1.29, 1.82) is 0 Å². The van der Waals surface area contributed by atoms with Gasteiger partial charge in [0.05, 0.1) is 18.1 Å². The number of carbonyl (C=O) groups excluding carboxylic acids is 1. The number of benzene rings is 1. The van der Waals surface area contributed by atoms with E-state index in [0.29, 0.717) is 17.4 Å². The molecule has 116 valence electrons. The van der Waals surface area contributed by atoms with Gasteiger partial charge in [-0.25, -0.2) is 4.98 Å². The molecule has 0 radical (unpaired) electrons. The second-order valence-electron chi connectivity index (χ2n) is 4.84. The minimum atomic E-state index is -0.329. The average molecular weight is 328 g/mol.